The Morgan fingerprint density at radius 2 is 1.74 bits per heavy atom. The van der Waals surface area contributed by atoms with Crippen molar-refractivity contribution in [1.29, 1.82) is 0 Å². The molecule has 0 spiro atoms. The molecule has 2 N–H and O–H groups in total. The largest absolute Gasteiger partial charge is 0.330 e. The molecule has 1 rings (SSSR count). The van der Waals surface area contributed by atoms with Crippen molar-refractivity contribution in [3.05, 3.63) is 35.9 Å². The molecule has 3 nitrogen and oxygen atoms in total. The average molecular weight is 283 g/mol. The summed E-state index contributed by atoms with van der Waals surface area (Å²) < 4.78 is 23.5. The predicted octanol–water partition coefficient (Wildman–Crippen LogP) is 2.41. The van der Waals surface area contributed by atoms with Crippen molar-refractivity contribution < 1.29 is 8.42 Å². The molecular weight excluding hydrogens is 258 g/mol. The quantitative estimate of drug-likeness (QED) is 0.872. The summed E-state index contributed by atoms with van der Waals surface area (Å²) in [5.41, 5.74) is 6.98. The maximum absolute atomic E-state index is 12.1. The van der Waals surface area contributed by atoms with E-state index in [0.29, 0.717) is 13.0 Å². The van der Waals surface area contributed by atoms with Gasteiger partial charge in [-0.2, -0.15) is 0 Å². The third-order valence-corrected chi connectivity index (χ3v) is 6.07. The van der Waals surface area contributed by atoms with Crippen LogP contribution in [0.2, 0.25) is 0 Å². The second-order valence-corrected chi connectivity index (χ2v) is 8.87. The van der Waals surface area contributed by atoms with Gasteiger partial charge in [-0.15, -0.1) is 0 Å². The minimum atomic E-state index is -3.05. The van der Waals surface area contributed by atoms with E-state index in [1.807, 2.05) is 18.2 Å². The highest BCUT2D eigenvalue weighted by Gasteiger charge is 2.29. The zero-order valence-electron chi connectivity index (χ0n) is 12.1. The van der Waals surface area contributed by atoms with Crippen LogP contribution in [-0.4, -0.2) is 25.5 Å². The fourth-order valence-electron chi connectivity index (χ4n) is 1.88. The van der Waals surface area contributed by atoms with Crippen LogP contribution >= 0.6 is 0 Å². The molecule has 0 aliphatic carbocycles. The summed E-state index contributed by atoms with van der Waals surface area (Å²) in [6.45, 7) is 5.76. The smallest absolute Gasteiger partial charge is 0.155 e. The first-order valence-corrected chi connectivity index (χ1v) is 8.38. The highest BCUT2D eigenvalue weighted by molar-refractivity contribution is 7.92. The lowest BCUT2D eigenvalue weighted by Gasteiger charge is -2.21. The Morgan fingerprint density at radius 3 is 2.21 bits per heavy atom. The van der Waals surface area contributed by atoms with Crippen molar-refractivity contribution in [1.82, 2.24) is 0 Å². The number of hydrogen-bond acceptors (Lipinski definition) is 3. The van der Waals surface area contributed by atoms with E-state index in [-0.39, 0.29) is 11.7 Å². The third kappa shape index (κ3) is 4.96. The van der Waals surface area contributed by atoms with Gasteiger partial charge in [-0.25, -0.2) is 8.42 Å². The van der Waals surface area contributed by atoms with Gasteiger partial charge in [0.15, 0.2) is 9.84 Å². The zero-order valence-corrected chi connectivity index (χ0v) is 12.9. The molecule has 0 bridgehead atoms. The first kappa shape index (κ1) is 16.2. The van der Waals surface area contributed by atoms with Gasteiger partial charge in [0.2, 0.25) is 0 Å². The fraction of sp³-hybridized carbons (Fsp3) is 0.600. The first-order valence-electron chi connectivity index (χ1n) is 6.72. The molecule has 0 heterocycles. The summed E-state index contributed by atoms with van der Waals surface area (Å²) >= 11 is 0. The van der Waals surface area contributed by atoms with E-state index < -0.39 is 14.6 Å². The van der Waals surface area contributed by atoms with Gasteiger partial charge < -0.3 is 5.73 Å². The molecule has 0 aliphatic rings. The summed E-state index contributed by atoms with van der Waals surface area (Å²) in [6.07, 6.45) is 1.47. The van der Waals surface area contributed by atoms with Crippen molar-refractivity contribution >= 4 is 9.84 Å². The minimum absolute atomic E-state index is 0.213. The van der Waals surface area contributed by atoms with Gasteiger partial charge in [0.25, 0.3) is 0 Å². The van der Waals surface area contributed by atoms with Gasteiger partial charge >= 0.3 is 0 Å². The van der Waals surface area contributed by atoms with Crippen molar-refractivity contribution in [3.63, 3.8) is 0 Å². The van der Waals surface area contributed by atoms with Crippen LogP contribution in [-0.2, 0) is 16.3 Å². The van der Waals surface area contributed by atoms with E-state index in [4.69, 9.17) is 5.73 Å². The lowest BCUT2D eigenvalue weighted by molar-refractivity contribution is 0.503. The van der Waals surface area contributed by atoms with Crippen LogP contribution in [0, 0.1) is 5.92 Å². The van der Waals surface area contributed by atoms with Crippen LogP contribution in [0.1, 0.15) is 32.8 Å². The summed E-state index contributed by atoms with van der Waals surface area (Å²) in [5.74, 6) is 0.435. The Kier molecular flexibility index (Phi) is 5.56. The fourth-order valence-corrected chi connectivity index (χ4v) is 3.13. The molecule has 0 amide bonds. The Bertz CT molecular complexity index is 475. The molecule has 1 unspecified atom stereocenters. The second-order valence-electron chi connectivity index (χ2n) is 6.01. The Morgan fingerprint density at radius 1 is 1.16 bits per heavy atom. The molecule has 0 saturated heterocycles. The second kappa shape index (κ2) is 6.53. The standard InChI is InChI=1S/C15H25NO2S/c1-15(2,3)19(17,18)10-9-14(12-16)11-13-7-5-4-6-8-13/h4-8,14H,9-12,16H2,1-3H3. The highest BCUT2D eigenvalue weighted by atomic mass is 32.2. The van der Waals surface area contributed by atoms with Gasteiger partial charge in [0.05, 0.1) is 10.5 Å². The number of nitrogens with two attached hydrogens (primary N) is 1. The lowest BCUT2D eigenvalue weighted by atomic mass is 9.97. The van der Waals surface area contributed by atoms with Crippen LogP contribution < -0.4 is 5.73 Å². The van der Waals surface area contributed by atoms with Gasteiger partial charge in [-0.3, -0.25) is 0 Å². The molecule has 19 heavy (non-hydrogen) atoms. The molecule has 108 valence electrons. The topological polar surface area (TPSA) is 60.2 Å². The molecule has 0 aliphatic heterocycles. The maximum atomic E-state index is 12.1. The monoisotopic (exact) mass is 283 g/mol. The summed E-state index contributed by atoms with van der Waals surface area (Å²) in [4.78, 5) is 0. The lowest BCUT2D eigenvalue weighted by Crippen LogP contribution is -2.32. The maximum Gasteiger partial charge on any atom is 0.155 e. The molecule has 4 heteroatoms. The average Bonchev–Trinajstić information content (AvgIpc) is 2.34. The van der Waals surface area contributed by atoms with Gasteiger partial charge in [-0.1, -0.05) is 30.3 Å². The van der Waals surface area contributed by atoms with Gasteiger partial charge in [0, 0.05) is 0 Å². The van der Waals surface area contributed by atoms with Gasteiger partial charge in [-0.05, 0) is 51.6 Å². The van der Waals surface area contributed by atoms with E-state index in [2.05, 4.69) is 12.1 Å². The van der Waals surface area contributed by atoms with Crippen LogP contribution in [0.15, 0.2) is 30.3 Å². The van der Waals surface area contributed by atoms with Crippen LogP contribution in [0.4, 0.5) is 0 Å². The van der Waals surface area contributed by atoms with Crippen molar-refractivity contribution in [2.75, 3.05) is 12.3 Å². The Labute approximate surface area is 117 Å². The molecular formula is C15H25NO2S. The molecule has 0 radical (unpaired) electrons. The molecule has 0 aromatic heterocycles. The number of sulfone groups is 1. The van der Waals surface area contributed by atoms with Gasteiger partial charge in [0.1, 0.15) is 0 Å². The van der Waals surface area contributed by atoms with E-state index in [1.54, 1.807) is 20.8 Å². The number of benzene rings is 1. The minimum Gasteiger partial charge on any atom is -0.330 e. The van der Waals surface area contributed by atoms with Crippen molar-refractivity contribution in [2.24, 2.45) is 11.7 Å². The van der Waals surface area contributed by atoms with Crippen molar-refractivity contribution in [3.8, 4) is 0 Å². The number of rotatable bonds is 6. The summed E-state index contributed by atoms with van der Waals surface area (Å²) in [6, 6.07) is 10.1. The van der Waals surface area contributed by atoms with E-state index in [9.17, 15) is 8.42 Å². The van der Waals surface area contributed by atoms with Crippen LogP contribution in [0.25, 0.3) is 0 Å². The van der Waals surface area contributed by atoms with Crippen LogP contribution in [0.5, 0.6) is 0 Å². The third-order valence-electron chi connectivity index (χ3n) is 3.43. The summed E-state index contributed by atoms with van der Waals surface area (Å²) in [7, 11) is -3.05. The molecule has 0 fully saturated rings. The highest BCUT2D eigenvalue weighted by Crippen LogP contribution is 2.20. The van der Waals surface area contributed by atoms with E-state index >= 15 is 0 Å². The Hall–Kier alpha value is -0.870. The van der Waals surface area contributed by atoms with Crippen LogP contribution in [0.3, 0.4) is 0 Å². The Balaban J connectivity index is 2.60. The molecule has 0 saturated carbocycles. The van der Waals surface area contributed by atoms with Crippen molar-refractivity contribution in [2.45, 2.75) is 38.4 Å². The first-order chi connectivity index (χ1) is 8.76. The summed E-state index contributed by atoms with van der Waals surface area (Å²) in [5, 5.41) is 0. The normalized spacial score (nSPS) is 14.3. The molecule has 1 aromatic rings. The zero-order chi connectivity index (χ0) is 14.5. The van der Waals surface area contributed by atoms with E-state index in [1.165, 1.54) is 5.56 Å². The predicted molar refractivity (Wildman–Crippen MR) is 80.8 cm³/mol. The number of hydrogen-bond donors (Lipinski definition) is 1. The molecule has 1 atom stereocenters. The molecule has 1 aromatic carbocycles. The SMILES string of the molecule is CC(C)(C)S(=O)(=O)CCC(CN)Cc1ccccc1. The van der Waals surface area contributed by atoms with E-state index in [0.717, 1.165) is 6.42 Å².